The molecular weight excluding hydrogens is 481 g/mol. The maximum absolute atomic E-state index is 13.1. The van der Waals surface area contributed by atoms with Crippen LogP contribution >= 0.6 is 11.6 Å². The van der Waals surface area contributed by atoms with Gasteiger partial charge in [-0.2, -0.15) is 13.2 Å². The molecule has 11 heteroatoms. The molecular formula is C24H30ClF3N6O. The molecule has 3 heterocycles. The van der Waals surface area contributed by atoms with Crippen molar-refractivity contribution in [3.63, 3.8) is 0 Å². The summed E-state index contributed by atoms with van der Waals surface area (Å²) in [6.45, 7) is 7.42. The topological polar surface area (TPSA) is 64.6 Å². The smallest absolute Gasteiger partial charge is 0.337 e. The average molecular weight is 511 g/mol. The van der Waals surface area contributed by atoms with Crippen LogP contribution in [-0.4, -0.2) is 70.1 Å². The van der Waals surface area contributed by atoms with Gasteiger partial charge >= 0.3 is 12.2 Å². The monoisotopic (exact) mass is 510 g/mol. The van der Waals surface area contributed by atoms with Crippen molar-refractivity contribution < 1.29 is 18.0 Å². The van der Waals surface area contributed by atoms with Gasteiger partial charge in [-0.25, -0.2) is 14.8 Å². The predicted octanol–water partition coefficient (Wildman–Crippen LogP) is 4.42. The molecule has 0 bridgehead atoms. The third kappa shape index (κ3) is 6.35. The Morgan fingerprint density at radius 2 is 1.63 bits per heavy atom. The SMILES string of the molecule is C[C@@H]1CN(c2ncc(C(F)(F)F)cn2)C[C@H](C)N1C(=O)NC1CCN(Cc2ccc(Cl)cc2)CC1. The molecule has 2 amide bonds. The fraction of sp³-hybridized carbons (Fsp3) is 0.542. The van der Waals surface area contributed by atoms with Crippen LogP contribution in [0.15, 0.2) is 36.7 Å². The predicted molar refractivity (Wildman–Crippen MR) is 128 cm³/mol. The molecule has 0 aliphatic carbocycles. The molecule has 2 fully saturated rings. The van der Waals surface area contributed by atoms with Crippen molar-refractivity contribution in [2.75, 3.05) is 31.1 Å². The van der Waals surface area contributed by atoms with Crippen LogP contribution in [0.1, 0.15) is 37.8 Å². The summed E-state index contributed by atoms with van der Waals surface area (Å²) < 4.78 is 38.4. The molecule has 0 radical (unpaired) electrons. The van der Waals surface area contributed by atoms with Gasteiger partial charge in [-0.1, -0.05) is 23.7 Å². The lowest BCUT2D eigenvalue weighted by atomic mass is 10.0. The summed E-state index contributed by atoms with van der Waals surface area (Å²) in [7, 11) is 0. The van der Waals surface area contributed by atoms with Crippen molar-refractivity contribution in [3.05, 3.63) is 52.8 Å². The van der Waals surface area contributed by atoms with Gasteiger partial charge in [-0.3, -0.25) is 4.90 Å². The largest absolute Gasteiger partial charge is 0.419 e. The number of hydrogen-bond donors (Lipinski definition) is 1. The molecule has 190 valence electrons. The molecule has 35 heavy (non-hydrogen) atoms. The molecule has 2 aliphatic heterocycles. The fourth-order valence-electron chi connectivity index (χ4n) is 4.85. The number of likely N-dealkylation sites (tertiary alicyclic amines) is 1. The second-order valence-corrected chi connectivity index (χ2v) is 9.84. The first-order valence-electron chi connectivity index (χ1n) is 11.8. The van der Waals surface area contributed by atoms with Crippen LogP contribution in [0.25, 0.3) is 0 Å². The first kappa shape index (κ1) is 25.5. The van der Waals surface area contributed by atoms with E-state index < -0.39 is 11.7 Å². The van der Waals surface area contributed by atoms with Crippen LogP contribution in [0.5, 0.6) is 0 Å². The van der Waals surface area contributed by atoms with Gasteiger partial charge in [0, 0.05) is 68.3 Å². The Bertz CT molecular complexity index is 984. The average Bonchev–Trinajstić information content (AvgIpc) is 2.81. The Labute approximate surface area is 208 Å². The van der Waals surface area contributed by atoms with Crippen molar-refractivity contribution in [2.24, 2.45) is 0 Å². The molecule has 0 unspecified atom stereocenters. The van der Waals surface area contributed by atoms with Crippen molar-refractivity contribution in [3.8, 4) is 0 Å². The molecule has 1 aromatic heterocycles. The molecule has 2 saturated heterocycles. The van der Waals surface area contributed by atoms with Crippen LogP contribution in [0.4, 0.5) is 23.9 Å². The lowest BCUT2D eigenvalue weighted by molar-refractivity contribution is -0.138. The molecule has 1 aromatic carbocycles. The van der Waals surface area contributed by atoms with Gasteiger partial charge in [0.05, 0.1) is 5.56 Å². The molecule has 7 nitrogen and oxygen atoms in total. The van der Waals surface area contributed by atoms with E-state index in [1.54, 1.807) is 0 Å². The zero-order chi connectivity index (χ0) is 25.2. The minimum absolute atomic E-state index is 0.103. The normalized spacial score (nSPS) is 22.3. The summed E-state index contributed by atoms with van der Waals surface area (Å²) in [6, 6.07) is 7.59. The van der Waals surface area contributed by atoms with E-state index >= 15 is 0 Å². The van der Waals surface area contributed by atoms with Crippen LogP contribution in [-0.2, 0) is 12.7 Å². The van der Waals surface area contributed by atoms with Crippen LogP contribution in [0.3, 0.4) is 0 Å². The van der Waals surface area contributed by atoms with Gasteiger partial charge in [0.1, 0.15) is 0 Å². The van der Waals surface area contributed by atoms with Gasteiger partial charge < -0.3 is 15.1 Å². The Hall–Kier alpha value is -2.59. The number of halogens is 4. The zero-order valence-electron chi connectivity index (χ0n) is 19.8. The van der Waals surface area contributed by atoms with Crippen LogP contribution in [0, 0.1) is 0 Å². The van der Waals surface area contributed by atoms with E-state index in [4.69, 9.17) is 11.6 Å². The standard InChI is InChI=1S/C24H30ClF3N6O/c1-16-13-33(22-29-11-19(12-30-22)24(26,27)28)14-17(2)34(16)23(35)31-21-7-9-32(10-8-21)15-18-3-5-20(25)6-4-18/h3-6,11-12,16-17,21H,7-10,13-15H2,1-2H3,(H,31,35)/t16-,17+. The van der Waals surface area contributed by atoms with Gasteiger partial charge in [0.15, 0.2) is 0 Å². The number of piperazine rings is 1. The molecule has 0 saturated carbocycles. The van der Waals surface area contributed by atoms with Crippen molar-refractivity contribution in [1.82, 2.24) is 25.1 Å². The highest BCUT2D eigenvalue weighted by Gasteiger charge is 2.36. The second-order valence-electron chi connectivity index (χ2n) is 9.41. The molecule has 4 rings (SSSR count). The Morgan fingerprint density at radius 1 is 1.06 bits per heavy atom. The fourth-order valence-corrected chi connectivity index (χ4v) is 4.98. The Balaban J connectivity index is 1.27. The van der Waals surface area contributed by atoms with E-state index in [2.05, 4.69) is 20.2 Å². The number of benzene rings is 1. The molecule has 2 aliphatic rings. The number of nitrogens with one attached hydrogen (secondary N) is 1. The third-order valence-electron chi connectivity index (χ3n) is 6.64. The molecule has 2 atom stereocenters. The summed E-state index contributed by atoms with van der Waals surface area (Å²) in [6.07, 6.45) is -1.11. The number of carbonyl (C=O) groups excluding carboxylic acids is 1. The summed E-state index contributed by atoms with van der Waals surface area (Å²) >= 11 is 5.96. The number of hydrogen-bond acceptors (Lipinski definition) is 5. The minimum Gasteiger partial charge on any atom is -0.337 e. The number of piperidine rings is 1. The Morgan fingerprint density at radius 3 is 2.17 bits per heavy atom. The van der Waals surface area contributed by atoms with Gasteiger partial charge in [0.2, 0.25) is 5.95 Å². The lowest BCUT2D eigenvalue weighted by Gasteiger charge is -2.45. The molecule has 2 aromatic rings. The summed E-state index contributed by atoms with van der Waals surface area (Å²) in [4.78, 5) is 26.9. The maximum Gasteiger partial charge on any atom is 0.419 e. The van der Waals surface area contributed by atoms with Crippen molar-refractivity contribution >= 4 is 23.6 Å². The quantitative estimate of drug-likeness (QED) is 0.659. The summed E-state index contributed by atoms with van der Waals surface area (Å²) in [5.74, 6) is 0.241. The number of nitrogens with zero attached hydrogens (tertiary/aromatic N) is 5. The van der Waals surface area contributed by atoms with E-state index in [1.165, 1.54) is 5.56 Å². The maximum atomic E-state index is 13.1. The van der Waals surface area contributed by atoms with E-state index in [1.807, 2.05) is 47.9 Å². The highest BCUT2D eigenvalue weighted by molar-refractivity contribution is 6.30. The Kier molecular flexibility index (Phi) is 7.70. The van der Waals surface area contributed by atoms with Gasteiger partial charge in [-0.05, 0) is 44.4 Å². The third-order valence-corrected chi connectivity index (χ3v) is 6.89. The van der Waals surface area contributed by atoms with Gasteiger partial charge in [0.25, 0.3) is 0 Å². The summed E-state index contributed by atoms with van der Waals surface area (Å²) in [5, 5.41) is 3.92. The summed E-state index contributed by atoms with van der Waals surface area (Å²) in [5.41, 5.74) is 0.342. The first-order chi connectivity index (χ1) is 16.6. The molecule has 1 N–H and O–H groups in total. The molecule has 0 spiro atoms. The first-order valence-corrected chi connectivity index (χ1v) is 12.2. The van der Waals surface area contributed by atoms with E-state index in [0.29, 0.717) is 13.1 Å². The highest BCUT2D eigenvalue weighted by atomic mass is 35.5. The van der Waals surface area contributed by atoms with Crippen LogP contribution in [0.2, 0.25) is 5.02 Å². The number of carbonyl (C=O) groups is 1. The highest BCUT2D eigenvalue weighted by Crippen LogP contribution is 2.29. The lowest BCUT2D eigenvalue weighted by Crippen LogP contribution is -2.62. The van der Waals surface area contributed by atoms with Gasteiger partial charge in [-0.15, -0.1) is 0 Å². The minimum atomic E-state index is -4.47. The number of amides is 2. The number of aromatic nitrogens is 2. The number of rotatable bonds is 4. The number of urea groups is 1. The van der Waals surface area contributed by atoms with Crippen molar-refractivity contribution in [2.45, 2.75) is 57.5 Å². The second kappa shape index (κ2) is 10.6. The zero-order valence-corrected chi connectivity index (χ0v) is 20.6. The van der Waals surface area contributed by atoms with Crippen molar-refractivity contribution in [1.29, 1.82) is 0 Å². The van der Waals surface area contributed by atoms with E-state index in [-0.39, 0.29) is 30.1 Å². The number of alkyl halides is 3. The van der Waals surface area contributed by atoms with E-state index in [0.717, 1.165) is 49.9 Å². The van der Waals surface area contributed by atoms with Crippen LogP contribution < -0.4 is 10.2 Å². The number of anilines is 1. The van der Waals surface area contributed by atoms with E-state index in [9.17, 15) is 18.0 Å².